The molecular weight excluding hydrogens is 242 g/mol. The zero-order valence-electron chi connectivity index (χ0n) is 8.95. The van der Waals surface area contributed by atoms with Gasteiger partial charge in [-0.3, -0.25) is 19.7 Å². The van der Waals surface area contributed by atoms with Gasteiger partial charge in [0.1, 0.15) is 12.0 Å². The summed E-state index contributed by atoms with van der Waals surface area (Å²) in [6, 6.07) is 5.17. The fraction of sp³-hybridized carbons (Fsp3) is 0.0909. The highest BCUT2D eigenvalue weighted by Crippen LogP contribution is 2.24. The minimum absolute atomic E-state index is 0.118. The fourth-order valence-electron chi connectivity index (χ4n) is 1.51. The number of Topliss-reactive ketones (excluding diaryl/α,β-unsaturated/α-hetero) is 1. The zero-order chi connectivity index (χ0) is 13.3. The minimum atomic E-state index is -1.26. The lowest BCUT2D eigenvalue weighted by Crippen LogP contribution is -2.05. The summed E-state index contributed by atoms with van der Waals surface area (Å²) in [6.45, 7) is 0. The molecule has 1 N–H and O–H groups in total. The van der Waals surface area contributed by atoms with Gasteiger partial charge >= 0.3 is 5.97 Å². The standard InChI is InChI=1S/C11H7NO6/c13-8(5-11(14)15)10-4-6-3-7(12(16)17)1-2-9(6)18-10/h1-4H,5H2,(H,14,15). The SMILES string of the molecule is O=C(O)CC(=O)c1cc2cc([N+](=O)[O-])ccc2o1. The van der Waals surface area contributed by atoms with Gasteiger partial charge in [-0.25, -0.2) is 0 Å². The van der Waals surface area contributed by atoms with E-state index in [0.29, 0.717) is 11.0 Å². The monoisotopic (exact) mass is 249 g/mol. The molecule has 0 aliphatic heterocycles. The number of aliphatic carboxylic acids is 1. The summed E-state index contributed by atoms with van der Waals surface area (Å²) >= 11 is 0. The zero-order valence-corrected chi connectivity index (χ0v) is 8.95. The highest BCUT2D eigenvalue weighted by Gasteiger charge is 2.17. The molecule has 2 aromatic rings. The van der Waals surface area contributed by atoms with E-state index >= 15 is 0 Å². The summed E-state index contributed by atoms with van der Waals surface area (Å²) in [7, 11) is 0. The maximum atomic E-state index is 11.4. The van der Waals surface area contributed by atoms with Gasteiger partial charge in [0.15, 0.2) is 5.76 Å². The van der Waals surface area contributed by atoms with Crippen LogP contribution in [0.2, 0.25) is 0 Å². The number of nitro benzene ring substituents is 1. The number of nitrogens with zero attached hydrogens (tertiary/aromatic N) is 1. The van der Waals surface area contributed by atoms with Crippen molar-refractivity contribution in [2.75, 3.05) is 0 Å². The first-order valence-electron chi connectivity index (χ1n) is 4.90. The van der Waals surface area contributed by atoms with E-state index in [2.05, 4.69) is 0 Å². The molecule has 0 radical (unpaired) electrons. The first-order valence-corrected chi connectivity index (χ1v) is 4.90. The van der Waals surface area contributed by atoms with Crippen LogP contribution in [0.4, 0.5) is 5.69 Å². The van der Waals surface area contributed by atoms with Crippen molar-refractivity contribution < 1.29 is 24.0 Å². The summed E-state index contributed by atoms with van der Waals surface area (Å²) in [6.07, 6.45) is -0.679. The van der Waals surface area contributed by atoms with Crippen LogP contribution in [-0.4, -0.2) is 21.8 Å². The molecule has 0 fully saturated rings. The predicted molar refractivity (Wildman–Crippen MR) is 59.5 cm³/mol. The maximum absolute atomic E-state index is 11.4. The van der Waals surface area contributed by atoms with Gasteiger partial charge in [-0.1, -0.05) is 0 Å². The van der Waals surface area contributed by atoms with Crippen molar-refractivity contribution >= 4 is 28.4 Å². The third kappa shape index (κ3) is 2.19. The Morgan fingerprint density at radius 3 is 2.67 bits per heavy atom. The molecular formula is C11H7NO6. The van der Waals surface area contributed by atoms with Gasteiger partial charge in [0, 0.05) is 17.5 Å². The Morgan fingerprint density at radius 2 is 2.06 bits per heavy atom. The van der Waals surface area contributed by atoms with Gasteiger partial charge in [-0.15, -0.1) is 0 Å². The molecule has 0 bridgehead atoms. The van der Waals surface area contributed by atoms with E-state index in [-0.39, 0.29) is 11.4 Å². The van der Waals surface area contributed by atoms with Crippen LogP contribution in [0.5, 0.6) is 0 Å². The van der Waals surface area contributed by atoms with Crippen molar-refractivity contribution in [2.45, 2.75) is 6.42 Å². The first kappa shape index (κ1) is 11.8. The van der Waals surface area contributed by atoms with Crippen LogP contribution in [0, 0.1) is 10.1 Å². The second-order valence-corrected chi connectivity index (χ2v) is 3.58. The van der Waals surface area contributed by atoms with E-state index in [4.69, 9.17) is 9.52 Å². The molecule has 0 spiro atoms. The quantitative estimate of drug-likeness (QED) is 0.384. The van der Waals surface area contributed by atoms with E-state index in [1.54, 1.807) is 0 Å². The van der Waals surface area contributed by atoms with Crippen molar-refractivity contribution in [3.8, 4) is 0 Å². The number of hydrogen-bond acceptors (Lipinski definition) is 5. The van der Waals surface area contributed by atoms with Crippen LogP contribution >= 0.6 is 0 Å². The smallest absolute Gasteiger partial charge is 0.311 e. The molecule has 18 heavy (non-hydrogen) atoms. The lowest BCUT2D eigenvalue weighted by atomic mass is 10.2. The van der Waals surface area contributed by atoms with Crippen LogP contribution in [0.1, 0.15) is 17.0 Å². The number of nitro groups is 1. The number of non-ortho nitro benzene ring substituents is 1. The number of rotatable bonds is 4. The second kappa shape index (κ2) is 4.28. The normalized spacial score (nSPS) is 10.4. The predicted octanol–water partition coefficient (Wildman–Crippen LogP) is 2.00. The number of fused-ring (bicyclic) bond motifs is 1. The summed E-state index contributed by atoms with van der Waals surface area (Å²) in [5.41, 5.74) is 0.176. The molecule has 0 aliphatic carbocycles. The van der Waals surface area contributed by atoms with Crippen LogP contribution < -0.4 is 0 Å². The number of ketones is 1. The molecule has 7 heteroatoms. The van der Waals surface area contributed by atoms with Gasteiger partial charge in [-0.2, -0.15) is 0 Å². The molecule has 1 aromatic carbocycles. The van der Waals surface area contributed by atoms with Gasteiger partial charge in [0.05, 0.1) is 4.92 Å². The van der Waals surface area contributed by atoms with Crippen LogP contribution in [-0.2, 0) is 4.79 Å². The lowest BCUT2D eigenvalue weighted by molar-refractivity contribution is -0.384. The van der Waals surface area contributed by atoms with Gasteiger partial charge < -0.3 is 9.52 Å². The number of hydrogen-bond donors (Lipinski definition) is 1. The second-order valence-electron chi connectivity index (χ2n) is 3.58. The molecule has 0 unspecified atom stereocenters. The van der Waals surface area contributed by atoms with Gasteiger partial charge in [-0.05, 0) is 12.1 Å². The Bertz CT molecular complexity index is 657. The molecule has 7 nitrogen and oxygen atoms in total. The third-order valence-corrected chi connectivity index (χ3v) is 2.30. The van der Waals surface area contributed by atoms with E-state index in [9.17, 15) is 19.7 Å². The Balaban J connectivity index is 2.41. The number of carboxylic acid groups (broad SMARTS) is 1. The first-order chi connectivity index (χ1) is 8.47. The van der Waals surface area contributed by atoms with Crippen molar-refractivity contribution in [2.24, 2.45) is 0 Å². The molecule has 0 saturated heterocycles. The highest BCUT2D eigenvalue weighted by atomic mass is 16.6. The molecule has 0 aliphatic rings. The molecule has 0 saturated carbocycles. The van der Waals surface area contributed by atoms with E-state index in [1.165, 1.54) is 24.3 Å². The van der Waals surface area contributed by atoms with Gasteiger partial charge in [0.2, 0.25) is 5.78 Å². The Labute approximate surface area is 99.8 Å². The maximum Gasteiger partial charge on any atom is 0.311 e. The van der Waals surface area contributed by atoms with E-state index in [1.807, 2.05) is 0 Å². The van der Waals surface area contributed by atoms with Gasteiger partial charge in [0.25, 0.3) is 5.69 Å². The average Bonchev–Trinajstić information content (AvgIpc) is 2.70. The number of benzene rings is 1. The average molecular weight is 249 g/mol. The summed E-state index contributed by atoms with van der Waals surface area (Å²) < 4.78 is 5.13. The summed E-state index contributed by atoms with van der Waals surface area (Å²) in [5.74, 6) is -2.05. The molecule has 2 rings (SSSR count). The largest absolute Gasteiger partial charge is 0.481 e. The third-order valence-electron chi connectivity index (χ3n) is 2.30. The number of carbonyl (C=O) groups excluding carboxylic acids is 1. The van der Waals surface area contributed by atoms with Crippen molar-refractivity contribution in [1.82, 2.24) is 0 Å². The van der Waals surface area contributed by atoms with Crippen LogP contribution in [0.15, 0.2) is 28.7 Å². The summed E-state index contributed by atoms with van der Waals surface area (Å²) in [4.78, 5) is 31.8. The van der Waals surface area contributed by atoms with E-state index < -0.39 is 23.1 Å². The topological polar surface area (TPSA) is 111 Å². The minimum Gasteiger partial charge on any atom is -0.481 e. The van der Waals surface area contributed by atoms with Crippen molar-refractivity contribution in [3.63, 3.8) is 0 Å². The Kier molecular flexibility index (Phi) is 2.80. The van der Waals surface area contributed by atoms with E-state index in [0.717, 1.165) is 0 Å². The molecule has 0 atom stereocenters. The Hall–Kier alpha value is -2.70. The van der Waals surface area contributed by atoms with Crippen LogP contribution in [0.3, 0.4) is 0 Å². The number of carboxylic acids is 1. The van der Waals surface area contributed by atoms with Crippen molar-refractivity contribution in [3.05, 3.63) is 40.1 Å². The lowest BCUT2D eigenvalue weighted by Gasteiger charge is -1.90. The Morgan fingerprint density at radius 1 is 1.33 bits per heavy atom. The fourth-order valence-corrected chi connectivity index (χ4v) is 1.51. The number of carbonyl (C=O) groups is 2. The highest BCUT2D eigenvalue weighted by molar-refractivity contribution is 6.05. The molecule has 1 heterocycles. The molecule has 1 aromatic heterocycles. The number of furan rings is 1. The molecule has 92 valence electrons. The molecule has 0 amide bonds. The summed E-state index contributed by atoms with van der Waals surface area (Å²) in [5, 5.41) is 19.4. The van der Waals surface area contributed by atoms with Crippen LogP contribution in [0.25, 0.3) is 11.0 Å². The van der Waals surface area contributed by atoms with Crippen molar-refractivity contribution in [1.29, 1.82) is 0 Å².